The van der Waals surface area contributed by atoms with Crippen molar-refractivity contribution in [1.82, 2.24) is 9.97 Å². The first-order valence-electron chi connectivity index (χ1n) is 4.67. The molecule has 2 rings (SSSR count). The van der Waals surface area contributed by atoms with Crippen LogP contribution in [-0.2, 0) is 6.18 Å². The predicted molar refractivity (Wildman–Crippen MR) is 53.6 cm³/mol. The van der Waals surface area contributed by atoms with Gasteiger partial charge in [0.15, 0.2) is 0 Å². The molecule has 0 radical (unpaired) electrons. The number of halogens is 3. The average Bonchev–Trinajstić information content (AvgIpc) is 2.30. The Morgan fingerprint density at radius 3 is 2.24 bits per heavy atom. The van der Waals surface area contributed by atoms with Crippen molar-refractivity contribution >= 4 is 0 Å². The highest BCUT2D eigenvalue weighted by atomic mass is 19.4. The number of hydrogen-bond donors (Lipinski definition) is 0. The summed E-state index contributed by atoms with van der Waals surface area (Å²) >= 11 is 0. The lowest BCUT2D eigenvalue weighted by atomic mass is 10.2. The summed E-state index contributed by atoms with van der Waals surface area (Å²) in [6.07, 6.45) is -0.0677. The number of ether oxygens (including phenoxy) is 1. The number of alkyl halides is 3. The Kier molecular flexibility index (Phi) is 2.95. The lowest BCUT2D eigenvalue weighted by Crippen LogP contribution is -2.04. The Balaban J connectivity index is 2.14. The van der Waals surface area contributed by atoms with Crippen LogP contribution < -0.4 is 4.74 Å². The maximum Gasteiger partial charge on any atom is 0.416 e. The van der Waals surface area contributed by atoms with E-state index in [0.29, 0.717) is 0 Å². The SMILES string of the molecule is FC(F)(F)c1ccc(Oc2cnccn2)cc1. The largest absolute Gasteiger partial charge is 0.438 e. The Hall–Kier alpha value is -2.11. The molecule has 0 saturated heterocycles. The van der Waals surface area contributed by atoms with Gasteiger partial charge in [-0.3, -0.25) is 4.98 Å². The zero-order valence-electron chi connectivity index (χ0n) is 8.48. The van der Waals surface area contributed by atoms with Crippen molar-refractivity contribution < 1.29 is 17.9 Å². The van der Waals surface area contributed by atoms with E-state index < -0.39 is 11.7 Å². The number of rotatable bonds is 2. The van der Waals surface area contributed by atoms with Gasteiger partial charge in [-0.25, -0.2) is 4.98 Å². The molecule has 2 aromatic rings. The van der Waals surface area contributed by atoms with Crippen LogP contribution in [0.2, 0.25) is 0 Å². The number of aromatic nitrogens is 2. The van der Waals surface area contributed by atoms with Gasteiger partial charge in [-0.1, -0.05) is 0 Å². The van der Waals surface area contributed by atoms with Gasteiger partial charge >= 0.3 is 6.18 Å². The maximum absolute atomic E-state index is 12.3. The molecule has 0 aliphatic rings. The van der Waals surface area contributed by atoms with E-state index in [4.69, 9.17) is 4.74 Å². The monoisotopic (exact) mass is 240 g/mol. The first kappa shape index (κ1) is 11.4. The fourth-order valence-corrected chi connectivity index (χ4v) is 1.17. The van der Waals surface area contributed by atoms with Gasteiger partial charge in [0.2, 0.25) is 5.88 Å². The molecule has 1 aromatic carbocycles. The summed E-state index contributed by atoms with van der Waals surface area (Å²) in [5.41, 5.74) is -0.719. The third kappa shape index (κ3) is 2.93. The molecule has 0 saturated carbocycles. The summed E-state index contributed by atoms with van der Waals surface area (Å²) in [5, 5.41) is 0. The zero-order chi connectivity index (χ0) is 12.3. The van der Waals surface area contributed by atoms with Gasteiger partial charge in [0.05, 0.1) is 11.8 Å². The topological polar surface area (TPSA) is 35.0 Å². The normalized spacial score (nSPS) is 11.2. The van der Waals surface area contributed by atoms with Gasteiger partial charge in [-0.15, -0.1) is 0 Å². The third-order valence-electron chi connectivity index (χ3n) is 1.94. The minimum Gasteiger partial charge on any atom is -0.438 e. The molecule has 0 unspecified atom stereocenters. The van der Waals surface area contributed by atoms with Gasteiger partial charge in [0.25, 0.3) is 0 Å². The first-order chi connectivity index (χ1) is 8.05. The third-order valence-corrected chi connectivity index (χ3v) is 1.94. The fraction of sp³-hybridized carbons (Fsp3) is 0.0909. The summed E-state index contributed by atoms with van der Waals surface area (Å²) in [5.74, 6) is 0.505. The quantitative estimate of drug-likeness (QED) is 0.807. The molecular weight excluding hydrogens is 233 g/mol. The van der Waals surface area contributed by atoms with E-state index in [2.05, 4.69) is 9.97 Å². The maximum atomic E-state index is 12.3. The molecule has 0 atom stereocenters. The van der Waals surface area contributed by atoms with Gasteiger partial charge in [0.1, 0.15) is 5.75 Å². The van der Waals surface area contributed by atoms with Crippen molar-refractivity contribution in [3.8, 4) is 11.6 Å². The molecule has 0 aliphatic carbocycles. The summed E-state index contributed by atoms with van der Waals surface area (Å²) < 4.78 is 42.1. The second-order valence-electron chi connectivity index (χ2n) is 3.17. The van der Waals surface area contributed by atoms with Crippen molar-refractivity contribution in [1.29, 1.82) is 0 Å². The highest BCUT2D eigenvalue weighted by Gasteiger charge is 2.30. The molecule has 88 valence electrons. The fourth-order valence-electron chi connectivity index (χ4n) is 1.17. The van der Waals surface area contributed by atoms with Crippen LogP contribution in [0, 0.1) is 0 Å². The molecular formula is C11H7F3N2O. The standard InChI is InChI=1S/C11H7F3N2O/c12-11(13,14)8-1-3-9(4-2-8)17-10-7-15-5-6-16-10/h1-7H. The van der Waals surface area contributed by atoms with Crippen LogP contribution in [0.3, 0.4) is 0 Å². The van der Waals surface area contributed by atoms with Crippen LogP contribution >= 0.6 is 0 Å². The van der Waals surface area contributed by atoms with Crippen molar-refractivity contribution in [3.05, 3.63) is 48.4 Å². The van der Waals surface area contributed by atoms with Crippen LogP contribution in [0.1, 0.15) is 5.56 Å². The average molecular weight is 240 g/mol. The minimum atomic E-state index is -4.34. The minimum absolute atomic E-state index is 0.229. The van der Waals surface area contributed by atoms with E-state index in [1.165, 1.54) is 30.7 Å². The van der Waals surface area contributed by atoms with Gasteiger partial charge in [0, 0.05) is 12.4 Å². The highest BCUT2D eigenvalue weighted by molar-refractivity contribution is 5.31. The molecule has 1 heterocycles. The van der Waals surface area contributed by atoms with E-state index in [1.807, 2.05) is 0 Å². The highest BCUT2D eigenvalue weighted by Crippen LogP contribution is 2.30. The van der Waals surface area contributed by atoms with E-state index in [9.17, 15) is 13.2 Å². The Morgan fingerprint density at radius 1 is 1.00 bits per heavy atom. The smallest absolute Gasteiger partial charge is 0.416 e. The second-order valence-corrected chi connectivity index (χ2v) is 3.17. The van der Waals surface area contributed by atoms with Crippen molar-refractivity contribution in [2.45, 2.75) is 6.18 Å². The lowest BCUT2D eigenvalue weighted by molar-refractivity contribution is -0.137. The van der Waals surface area contributed by atoms with Crippen molar-refractivity contribution in [2.75, 3.05) is 0 Å². The lowest BCUT2D eigenvalue weighted by Gasteiger charge is -2.07. The van der Waals surface area contributed by atoms with E-state index in [1.54, 1.807) is 0 Å². The first-order valence-corrected chi connectivity index (χ1v) is 4.67. The summed E-state index contributed by atoms with van der Waals surface area (Å²) in [6.45, 7) is 0. The number of benzene rings is 1. The molecule has 6 heteroatoms. The van der Waals surface area contributed by atoms with E-state index >= 15 is 0 Å². The molecule has 0 N–H and O–H groups in total. The molecule has 0 amide bonds. The Bertz CT molecular complexity index is 482. The van der Waals surface area contributed by atoms with Gasteiger partial charge < -0.3 is 4.74 Å². The van der Waals surface area contributed by atoms with Crippen LogP contribution in [0.15, 0.2) is 42.9 Å². The van der Waals surface area contributed by atoms with Crippen LogP contribution in [-0.4, -0.2) is 9.97 Å². The Morgan fingerprint density at radius 2 is 1.71 bits per heavy atom. The number of hydrogen-bond acceptors (Lipinski definition) is 3. The predicted octanol–water partition coefficient (Wildman–Crippen LogP) is 3.29. The van der Waals surface area contributed by atoms with Crippen molar-refractivity contribution in [2.24, 2.45) is 0 Å². The zero-order valence-corrected chi connectivity index (χ0v) is 8.48. The molecule has 0 aliphatic heterocycles. The van der Waals surface area contributed by atoms with E-state index in [-0.39, 0.29) is 11.6 Å². The van der Waals surface area contributed by atoms with Gasteiger partial charge in [-0.2, -0.15) is 13.2 Å². The summed E-state index contributed by atoms with van der Waals surface area (Å²) in [6, 6.07) is 4.37. The molecule has 3 nitrogen and oxygen atoms in total. The molecule has 0 spiro atoms. The Labute approximate surface area is 94.9 Å². The molecule has 1 aromatic heterocycles. The molecule has 17 heavy (non-hydrogen) atoms. The van der Waals surface area contributed by atoms with Crippen LogP contribution in [0.4, 0.5) is 13.2 Å². The van der Waals surface area contributed by atoms with Crippen LogP contribution in [0.5, 0.6) is 11.6 Å². The van der Waals surface area contributed by atoms with Crippen LogP contribution in [0.25, 0.3) is 0 Å². The van der Waals surface area contributed by atoms with Crippen molar-refractivity contribution in [3.63, 3.8) is 0 Å². The summed E-state index contributed by atoms with van der Waals surface area (Å²) in [7, 11) is 0. The van der Waals surface area contributed by atoms with E-state index in [0.717, 1.165) is 12.1 Å². The molecule has 0 fully saturated rings. The van der Waals surface area contributed by atoms with Gasteiger partial charge in [-0.05, 0) is 24.3 Å². The summed E-state index contributed by atoms with van der Waals surface area (Å²) in [4.78, 5) is 7.61. The molecule has 0 bridgehead atoms. The second kappa shape index (κ2) is 4.40. The number of nitrogens with zero attached hydrogens (tertiary/aromatic N) is 2.